The van der Waals surface area contributed by atoms with Gasteiger partial charge in [0.2, 0.25) is 0 Å². The molecule has 0 unspecified atom stereocenters. The Morgan fingerprint density at radius 2 is 1.58 bits per heavy atom. The number of nitrogens with zero attached hydrogens (tertiary/aromatic N) is 1. The van der Waals surface area contributed by atoms with Gasteiger partial charge in [0.25, 0.3) is 0 Å². The Hall–Kier alpha value is -2.12. The van der Waals surface area contributed by atoms with Gasteiger partial charge in [-0.2, -0.15) is 0 Å². The molecule has 0 radical (unpaired) electrons. The molecule has 2 heterocycles. The van der Waals surface area contributed by atoms with Crippen LogP contribution in [0.2, 0.25) is 0 Å². The molecule has 2 bridgehead atoms. The predicted octanol–water partition coefficient (Wildman–Crippen LogP) is 7.08. The first-order chi connectivity index (χ1) is 20.8. The summed E-state index contributed by atoms with van der Waals surface area (Å²) in [7, 11) is 0. The van der Waals surface area contributed by atoms with Gasteiger partial charge in [-0.05, 0) is 62.6 Å². The first kappa shape index (κ1) is 32.3. The van der Waals surface area contributed by atoms with E-state index in [1.165, 1.54) is 83.5 Å². The molecule has 1 aromatic carbocycles. The minimum atomic E-state index is -0.940. The van der Waals surface area contributed by atoms with Gasteiger partial charge in [0.1, 0.15) is 0 Å². The number of unbranched alkanes of at least 4 members (excludes halogenated alkanes) is 12. The van der Waals surface area contributed by atoms with Crippen molar-refractivity contribution in [2.75, 3.05) is 13.1 Å². The van der Waals surface area contributed by atoms with E-state index in [4.69, 9.17) is 9.84 Å². The van der Waals surface area contributed by atoms with Crippen LogP contribution < -0.4 is 4.74 Å². The van der Waals surface area contributed by atoms with E-state index in [0.29, 0.717) is 25.0 Å². The third kappa shape index (κ3) is 6.78. The van der Waals surface area contributed by atoms with E-state index in [1.807, 2.05) is 6.07 Å². The fraction of sp³-hybridized carbons (Fsp3) is 0.778. The second-order valence-corrected chi connectivity index (χ2v) is 14.1. The summed E-state index contributed by atoms with van der Waals surface area (Å²) >= 11 is 0. The summed E-state index contributed by atoms with van der Waals surface area (Å²) in [4.78, 5) is 25.5. The molecule has 1 saturated heterocycles. The molecule has 1 spiro atoms. The number of hydrogen-bond donors (Lipinski definition) is 3. The van der Waals surface area contributed by atoms with Crippen LogP contribution in [0.4, 0.5) is 0 Å². The van der Waals surface area contributed by atoms with Crippen LogP contribution in [0.3, 0.4) is 0 Å². The molecular formula is C36H55NO6. The molecule has 4 atom stereocenters. The lowest BCUT2D eigenvalue weighted by Crippen LogP contribution is -2.76. The SMILES string of the molecule is CCCCCCCCCCCCCCCC(=O)O.O=C1CC[C@@]2(O)[C@H]3Cc4ccc(O)c5c4[C@@]2(CCN3CC2CC2)[C@H]1O5. The minimum absolute atomic E-state index is 0.0454. The maximum Gasteiger partial charge on any atom is 0.303 e. The number of phenolic OH excluding ortho intramolecular Hbond substituents is 1. The predicted molar refractivity (Wildman–Crippen MR) is 168 cm³/mol. The highest BCUT2D eigenvalue weighted by atomic mass is 16.5. The van der Waals surface area contributed by atoms with Gasteiger partial charge in [-0.3, -0.25) is 14.5 Å². The first-order valence-corrected chi connectivity index (χ1v) is 17.5. The Balaban J connectivity index is 0.000000184. The Labute approximate surface area is 258 Å². The number of aromatic hydroxyl groups is 1. The van der Waals surface area contributed by atoms with Crippen molar-refractivity contribution in [3.63, 3.8) is 0 Å². The third-order valence-electron chi connectivity index (χ3n) is 11.1. The molecule has 43 heavy (non-hydrogen) atoms. The van der Waals surface area contributed by atoms with Gasteiger partial charge in [-0.25, -0.2) is 0 Å². The van der Waals surface area contributed by atoms with Gasteiger partial charge >= 0.3 is 5.97 Å². The molecule has 7 nitrogen and oxygen atoms in total. The highest BCUT2D eigenvalue weighted by molar-refractivity contribution is 5.90. The molecule has 0 aromatic heterocycles. The quantitative estimate of drug-likeness (QED) is 0.175. The van der Waals surface area contributed by atoms with E-state index in [0.717, 1.165) is 55.8 Å². The second-order valence-electron chi connectivity index (χ2n) is 14.1. The zero-order valence-corrected chi connectivity index (χ0v) is 26.5. The fourth-order valence-corrected chi connectivity index (χ4v) is 8.56. The van der Waals surface area contributed by atoms with Crippen LogP contribution in [0.5, 0.6) is 11.5 Å². The second kappa shape index (κ2) is 14.3. The first-order valence-electron chi connectivity index (χ1n) is 17.5. The smallest absolute Gasteiger partial charge is 0.303 e. The van der Waals surface area contributed by atoms with Crippen LogP contribution in [0, 0.1) is 5.92 Å². The molecule has 3 N–H and O–H groups in total. The number of aliphatic carboxylic acids is 1. The number of Topliss-reactive ketones (excluding diaryl/α,β-unsaturated/α-hetero) is 1. The van der Waals surface area contributed by atoms with Gasteiger partial charge < -0.3 is 20.1 Å². The number of aliphatic hydroxyl groups is 1. The van der Waals surface area contributed by atoms with Gasteiger partial charge in [0, 0.05) is 31.0 Å². The van der Waals surface area contributed by atoms with Crippen LogP contribution in [0.15, 0.2) is 12.1 Å². The fourth-order valence-electron chi connectivity index (χ4n) is 8.56. The third-order valence-corrected chi connectivity index (χ3v) is 11.1. The van der Waals surface area contributed by atoms with Crippen LogP contribution in [-0.4, -0.2) is 62.8 Å². The number of ether oxygens (including phenoxy) is 1. The average molecular weight is 598 g/mol. The number of hydrogen-bond acceptors (Lipinski definition) is 6. The van der Waals surface area contributed by atoms with Crippen LogP contribution in [-0.2, 0) is 21.4 Å². The number of phenols is 1. The Bertz CT molecular complexity index is 1120. The van der Waals surface area contributed by atoms with Crippen molar-refractivity contribution in [2.24, 2.45) is 5.92 Å². The lowest BCUT2D eigenvalue weighted by atomic mass is 9.49. The number of carbonyl (C=O) groups excluding carboxylic acids is 1. The Morgan fingerprint density at radius 1 is 0.953 bits per heavy atom. The molecule has 5 aliphatic rings. The molecule has 1 aromatic rings. The normalized spacial score (nSPS) is 28.6. The summed E-state index contributed by atoms with van der Waals surface area (Å²) in [6.07, 6.45) is 21.6. The van der Waals surface area contributed by atoms with Crippen molar-refractivity contribution >= 4 is 11.8 Å². The number of rotatable bonds is 16. The van der Waals surface area contributed by atoms with E-state index in [9.17, 15) is 19.8 Å². The highest BCUT2D eigenvalue weighted by Crippen LogP contribution is 2.64. The Kier molecular flexibility index (Phi) is 10.8. The zero-order valence-electron chi connectivity index (χ0n) is 26.5. The summed E-state index contributed by atoms with van der Waals surface area (Å²) in [6, 6.07) is 3.69. The number of carbonyl (C=O) groups is 2. The van der Waals surface area contributed by atoms with E-state index >= 15 is 0 Å². The Morgan fingerprint density at radius 3 is 2.19 bits per heavy atom. The summed E-state index contributed by atoms with van der Waals surface area (Å²) in [5, 5.41) is 30.8. The standard InChI is InChI=1S/C20H23NO4.C16H32O2/c22-13-4-3-12-9-15-20(24)6-5-14(23)18-19(20,16(12)17(13)25-18)7-8-21(15)10-11-1-2-11;1-2-3-4-5-6-7-8-9-10-11-12-13-14-15-16(17)18/h3-4,11,15,18,22,24H,1-2,5-10H2;2-15H2,1H3,(H,17,18)/t15-,18+,19+,20-;/m1./s1. The molecular weight excluding hydrogens is 542 g/mol. The van der Waals surface area contributed by atoms with Crippen LogP contribution >= 0.6 is 0 Å². The molecule has 240 valence electrons. The molecule has 7 heteroatoms. The van der Waals surface area contributed by atoms with Crippen molar-refractivity contribution in [3.8, 4) is 11.5 Å². The monoisotopic (exact) mass is 597 g/mol. The average Bonchev–Trinajstić information content (AvgIpc) is 3.73. The minimum Gasteiger partial charge on any atom is -0.504 e. The number of likely N-dealkylation sites (tertiary alicyclic amines) is 1. The van der Waals surface area contributed by atoms with Crippen molar-refractivity contribution in [1.82, 2.24) is 4.90 Å². The molecule has 3 fully saturated rings. The summed E-state index contributed by atoms with van der Waals surface area (Å²) in [5.74, 6) is 0.734. The maximum atomic E-state index is 12.7. The van der Waals surface area contributed by atoms with E-state index in [1.54, 1.807) is 6.07 Å². The molecule has 2 aliphatic heterocycles. The van der Waals surface area contributed by atoms with Crippen molar-refractivity contribution in [1.29, 1.82) is 0 Å². The number of carboxylic acid groups (broad SMARTS) is 1. The molecule has 6 rings (SSSR count). The molecule has 2 saturated carbocycles. The number of piperidine rings is 1. The van der Waals surface area contributed by atoms with E-state index < -0.39 is 23.1 Å². The summed E-state index contributed by atoms with van der Waals surface area (Å²) in [6.45, 7) is 4.21. The van der Waals surface area contributed by atoms with Crippen LogP contribution in [0.25, 0.3) is 0 Å². The van der Waals surface area contributed by atoms with Crippen molar-refractivity contribution < 1.29 is 29.6 Å². The van der Waals surface area contributed by atoms with Gasteiger partial charge in [0.05, 0.1) is 11.0 Å². The van der Waals surface area contributed by atoms with Crippen LogP contribution in [0.1, 0.15) is 140 Å². The van der Waals surface area contributed by atoms with Gasteiger partial charge in [-0.1, -0.05) is 90.0 Å². The van der Waals surface area contributed by atoms with Gasteiger partial charge in [0.15, 0.2) is 23.4 Å². The van der Waals surface area contributed by atoms with Crippen molar-refractivity contribution in [2.45, 2.75) is 159 Å². The largest absolute Gasteiger partial charge is 0.504 e. The van der Waals surface area contributed by atoms with Crippen molar-refractivity contribution in [3.05, 3.63) is 23.3 Å². The lowest BCUT2D eigenvalue weighted by Gasteiger charge is -2.62. The molecule has 3 aliphatic carbocycles. The van der Waals surface area contributed by atoms with E-state index in [-0.39, 0.29) is 17.6 Å². The number of carboxylic acids is 1. The zero-order chi connectivity index (χ0) is 30.5. The van der Waals surface area contributed by atoms with E-state index in [2.05, 4.69) is 11.8 Å². The highest BCUT2D eigenvalue weighted by Gasteiger charge is 2.73. The summed E-state index contributed by atoms with van der Waals surface area (Å²) < 4.78 is 6.04. The maximum absolute atomic E-state index is 12.7. The number of benzene rings is 1. The topological polar surface area (TPSA) is 107 Å². The summed E-state index contributed by atoms with van der Waals surface area (Å²) in [5.41, 5.74) is 0.454. The lowest BCUT2D eigenvalue weighted by molar-refractivity contribution is -0.188. The number of ketones is 1. The molecule has 0 amide bonds. The van der Waals surface area contributed by atoms with Gasteiger partial charge in [-0.15, -0.1) is 0 Å².